The summed E-state index contributed by atoms with van der Waals surface area (Å²) in [5.74, 6) is 0. The van der Waals surface area contributed by atoms with Crippen LogP contribution < -0.4 is 5.32 Å². The molecule has 2 aromatic rings. The van der Waals surface area contributed by atoms with Crippen molar-refractivity contribution in [3.63, 3.8) is 0 Å². The minimum atomic E-state index is -0.0903. The normalized spacial score (nSPS) is 15.9. The molecule has 1 aromatic heterocycles. The molecular weight excluding hydrogens is 312 g/mol. The van der Waals surface area contributed by atoms with E-state index in [1.165, 1.54) is 16.7 Å². The van der Waals surface area contributed by atoms with E-state index in [1.807, 2.05) is 15.7 Å². The number of aromatic nitrogens is 2. The molecule has 2 amide bonds. The quantitative estimate of drug-likeness (QED) is 0.866. The van der Waals surface area contributed by atoms with Crippen molar-refractivity contribution in [1.29, 1.82) is 0 Å². The van der Waals surface area contributed by atoms with Crippen molar-refractivity contribution in [2.45, 2.75) is 39.3 Å². The van der Waals surface area contributed by atoms with Crippen LogP contribution in [0.3, 0.4) is 0 Å². The molecule has 0 aliphatic carbocycles. The molecule has 0 radical (unpaired) electrons. The van der Waals surface area contributed by atoms with Crippen LogP contribution in [0.15, 0.2) is 49.1 Å². The van der Waals surface area contributed by atoms with Gasteiger partial charge in [-0.05, 0) is 37.8 Å². The zero-order valence-electron chi connectivity index (χ0n) is 15.0. The molecule has 1 fully saturated rings. The Balaban J connectivity index is 1.78. The average molecular weight is 338 g/mol. The monoisotopic (exact) mass is 338 g/mol. The lowest BCUT2D eigenvalue weighted by Crippen LogP contribution is -2.45. The van der Waals surface area contributed by atoms with E-state index in [0.29, 0.717) is 6.54 Å². The van der Waals surface area contributed by atoms with Crippen LogP contribution >= 0.6 is 0 Å². The van der Waals surface area contributed by atoms with Crippen LogP contribution in [-0.4, -0.2) is 33.6 Å². The van der Waals surface area contributed by atoms with Gasteiger partial charge >= 0.3 is 6.03 Å². The SMILES string of the molecule is C=C1CCN(C(=O)NC(Cn2ccnc2)c2ccc(C)cc2C)CC1. The molecule has 3 rings (SSSR count). The van der Waals surface area contributed by atoms with Gasteiger partial charge in [-0.1, -0.05) is 35.9 Å². The molecule has 1 saturated heterocycles. The first-order valence-corrected chi connectivity index (χ1v) is 8.78. The number of piperidine rings is 1. The molecule has 132 valence electrons. The van der Waals surface area contributed by atoms with Crippen molar-refractivity contribution >= 4 is 6.03 Å². The summed E-state index contributed by atoms with van der Waals surface area (Å²) in [6.07, 6.45) is 7.25. The minimum absolute atomic E-state index is 0.00223. The van der Waals surface area contributed by atoms with E-state index in [4.69, 9.17) is 0 Å². The van der Waals surface area contributed by atoms with Gasteiger partial charge in [0.05, 0.1) is 12.4 Å². The van der Waals surface area contributed by atoms with E-state index in [0.717, 1.165) is 31.5 Å². The van der Waals surface area contributed by atoms with Crippen molar-refractivity contribution < 1.29 is 4.79 Å². The Hall–Kier alpha value is -2.56. The Kier molecular flexibility index (Phi) is 5.22. The van der Waals surface area contributed by atoms with Crippen molar-refractivity contribution in [3.05, 3.63) is 65.8 Å². The molecule has 0 spiro atoms. The summed E-state index contributed by atoms with van der Waals surface area (Å²) in [5.41, 5.74) is 4.79. The van der Waals surface area contributed by atoms with E-state index < -0.39 is 0 Å². The third-order valence-electron chi connectivity index (χ3n) is 4.81. The lowest BCUT2D eigenvalue weighted by Gasteiger charge is -2.31. The number of benzene rings is 1. The zero-order valence-corrected chi connectivity index (χ0v) is 15.0. The highest BCUT2D eigenvalue weighted by Gasteiger charge is 2.23. The van der Waals surface area contributed by atoms with Crippen LogP contribution in [-0.2, 0) is 6.54 Å². The van der Waals surface area contributed by atoms with Gasteiger partial charge in [0.25, 0.3) is 0 Å². The van der Waals surface area contributed by atoms with Crippen LogP contribution in [0.2, 0.25) is 0 Å². The summed E-state index contributed by atoms with van der Waals surface area (Å²) >= 11 is 0. The third-order valence-corrected chi connectivity index (χ3v) is 4.81. The standard InChI is InChI=1S/C20H26N4O/c1-15-6-9-24(10-7-15)20(25)22-19(13-23-11-8-21-14-23)18-5-4-16(2)12-17(18)3/h4-5,8,11-12,14,19H,1,6-7,9-10,13H2,2-3H3,(H,22,25). The summed E-state index contributed by atoms with van der Waals surface area (Å²) in [6.45, 7) is 10.4. The molecule has 1 aliphatic rings. The second kappa shape index (κ2) is 7.55. The first-order valence-electron chi connectivity index (χ1n) is 8.78. The van der Waals surface area contributed by atoms with E-state index >= 15 is 0 Å². The summed E-state index contributed by atoms with van der Waals surface area (Å²) in [4.78, 5) is 18.8. The second-order valence-corrected chi connectivity index (χ2v) is 6.86. The number of nitrogens with zero attached hydrogens (tertiary/aromatic N) is 3. The first kappa shape index (κ1) is 17.3. The smallest absolute Gasteiger partial charge is 0.317 e. The van der Waals surface area contributed by atoms with Crippen molar-refractivity contribution in [3.8, 4) is 0 Å². The molecule has 5 heteroatoms. The average Bonchev–Trinajstić information content (AvgIpc) is 3.08. The molecule has 1 N–H and O–H groups in total. The van der Waals surface area contributed by atoms with Gasteiger partial charge in [0.1, 0.15) is 0 Å². The largest absolute Gasteiger partial charge is 0.335 e. The fourth-order valence-electron chi connectivity index (χ4n) is 3.31. The van der Waals surface area contributed by atoms with E-state index in [-0.39, 0.29) is 12.1 Å². The highest BCUT2D eigenvalue weighted by Crippen LogP contribution is 2.22. The van der Waals surface area contributed by atoms with Gasteiger partial charge in [-0.25, -0.2) is 9.78 Å². The molecule has 1 aromatic carbocycles. The molecule has 0 bridgehead atoms. The molecule has 2 heterocycles. The van der Waals surface area contributed by atoms with Crippen LogP contribution in [0.5, 0.6) is 0 Å². The number of amides is 2. The van der Waals surface area contributed by atoms with Gasteiger partial charge < -0.3 is 14.8 Å². The highest BCUT2D eigenvalue weighted by molar-refractivity contribution is 5.75. The molecule has 1 aliphatic heterocycles. The molecule has 25 heavy (non-hydrogen) atoms. The van der Waals surface area contributed by atoms with Crippen LogP contribution in [0.4, 0.5) is 4.79 Å². The number of imidazole rings is 1. The lowest BCUT2D eigenvalue weighted by atomic mass is 9.99. The number of carbonyl (C=O) groups is 1. The number of likely N-dealkylation sites (tertiary alicyclic amines) is 1. The number of aryl methyl sites for hydroxylation is 2. The zero-order chi connectivity index (χ0) is 17.8. The molecule has 1 atom stereocenters. The van der Waals surface area contributed by atoms with Gasteiger partial charge in [0.2, 0.25) is 0 Å². The van der Waals surface area contributed by atoms with Crippen molar-refractivity contribution in [2.75, 3.05) is 13.1 Å². The van der Waals surface area contributed by atoms with Crippen LogP contribution in [0.25, 0.3) is 0 Å². The van der Waals surface area contributed by atoms with Gasteiger partial charge in [-0.2, -0.15) is 0 Å². The Labute approximate surface area is 149 Å². The minimum Gasteiger partial charge on any atom is -0.335 e. The summed E-state index contributed by atoms with van der Waals surface area (Å²) < 4.78 is 2.00. The maximum atomic E-state index is 12.8. The van der Waals surface area contributed by atoms with Crippen LogP contribution in [0, 0.1) is 13.8 Å². The van der Waals surface area contributed by atoms with Crippen molar-refractivity contribution in [2.24, 2.45) is 0 Å². The molecule has 1 unspecified atom stereocenters. The summed E-state index contributed by atoms with van der Waals surface area (Å²) in [6, 6.07) is 6.28. The number of rotatable bonds is 4. The Morgan fingerprint density at radius 3 is 2.72 bits per heavy atom. The van der Waals surface area contributed by atoms with Gasteiger partial charge in [0.15, 0.2) is 0 Å². The Morgan fingerprint density at radius 2 is 2.08 bits per heavy atom. The van der Waals surface area contributed by atoms with E-state index in [9.17, 15) is 4.79 Å². The van der Waals surface area contributed by atoms with Gasteiger partial charge in [-0.3, -0.25) is 0 Å². The predicted molar refractivity (Wildman–Crippen MR) is 99.4 cm³/mol. The lowest BCUT2D eigenvalue weighted by molar-refractivity contribution is 0.188. The van der Waals surface area contributed by atoms with E-state index in [2.05, 4.69) is 48.9 Å². The fraction of sp³-hybridized carbons (Fsp3) is 0.400. The topological polar surface area (TPSA) is 50.2 Å². The number of carbonyl (C=O) groups excluding carboxylic acids is 1. The van der Waals surface area contributed by atoms with Crippen LogP contribution in [0.1, 0.15) is 35.6 Å². The van der Waals surface area contributed by atoms with Gasteiger partial charge in [0, 0.05) is 32.0 Å². The fourth-order valence-corrected chi connectivity index (χ4v) is 3.31. The van der Waals surface area contributed by atoms with E-state index in [1.54, 1.807) is 12.5 Å². The second-order valence-electron chi connectivity index (χ2n) is 6.86. The Morgan fingerprint density at radius 1 is 1.32 bits per heavy atom. The number of urea groups is 1. The first-order chi connectivity index (χ1) is 12.0. The number of nitrogens with one attached hydrogen (secondary N) is 1. The molecular formula is C20H26N4O. The molecule has 0 saturated carbocycles. The maximum absolute atomic E-state index is 12.8. The third kappa shape index (κ3) is 4.29. The van der Waals surface area contributed by atoms with Crippen molar-refractivity contribution in [1.82, 2.24) is 19.8 Å². The number of hydrogen-bond acceptors (Lipinski definition) is 2. The summed E-state index contributed by atoms with van der Waals surface area (Å²) in [7, 11) is 0. The number of hydrogen-bond donors (Lipinski definition) is 1. The summed E-state index contributed by atoms with van der Waals surface area (Å²) in [5, 5.41) is 3.23. The van der Waals surface area contributed by atoms with Gasteiger partial charge in [-0.15, -0.1) is 0 Å². The predicted octanol–water partition coefficient (Wildman–Crippen LogP) is 3.60. The Bertz CT molecular complexity index is 741. The molecule has 5 nitrogen and oxygen atoms in total. The maximum Gasteiger partial charge on any atom is 0.317 e. The highest BCUT2D eigenvalue weighted by atomic mass is 16.2.